The van der Waals surface area contributed by atoms with Crippen molar-refractivity contribution >= 4 is 5.97 Å². The number of aromatic nitrogens is 2. The molecule has 4 heteroatoms. The van der Waals surface area contributed by atoms with Gasteiger partial charge in [0.1, 0.15) is 5.82 Å². The molecule has 0 aliphatic heterocycles. The number of aryl methyl sites for hydroxylation is 3. The molecule has 1 aromatic heterocycles. The molecule has 0 amide bonds. The van der Waals surface area contributed by atoms with Crippen molar-refractivity contribution in [2.75, 3.05) is 0 Å². The maximum Gasteiger partial charge on any atom is 0.336 e. The fraction of sp³-hybridized carbons (Fsp3) is 0.304. The average Bonchev–Trinajstić information content (AvgIpc) is 3.14. The number of imidazole rings is 1. The van der Waals surface area contributed by atoms with Gasteiger partial charge in [0, 0.05) is 18.3 Å². The van der Waals surface area contributed by atoms with Gasteiger partial charge in [0.15, 0.2) is 0 Å². The molecule has 3 aromatic rings. The number of hydrogen-bond acceptors (Lipinski definition) is 2. The Balaban J connectivity index is 1.57. The van der Waals surface area contributed by atoms with E-state index in [0.29, 0.717) is 5.56 Å². The molecular formula is C23H26N2O2. The van der Waals surface area contributed by atoms with Gasteiger partial charge in [-0.2, -0.15) is 0 Å². The van der Waals surface area contributed by atoms with Crippen LogP contribution in [0.2, 0.25) is 0 Å². The van der Waals surface area contributed by atoms with Gasteiger partial charge < -0.3 is 10.1 Å². The number of hydrogen-bond donors (Lipinski definition) is 2. The van der Waals surface area contributed by atoms with E-state index in [1.54, 1.807) is 12.1 Å². The summed E-state index contributed by atoms with van der Waals surface area (Å²) in [7, 11) is 0. The van der Waals surface area contributed by atoms with Gasteiger partial charge in [0.2, 0.25) is 0 Å². The lowest BCUT2D eigenvalue weighted by Crippen LogP contribution is -1.99. The van der Waals surface area contributed by atoms with Crippen molar-refractivity contribution in [2.45, 2.75) is 45.4 Å². The Labute approximate surface area is 160 Å². The predicted molar refractivity (Wildman–Crippen MR) is 108 cm³/mol. The fourth-order valence-corrected chi connectivity index (χ4v) is 3.26. The molecule has 0 spiro atoms. The molecule has 2 aromatic carbocycles. The minimum Gasteiger partial charge on any atom is -0.478 e. The maximum absolute atomic E-state index is 11.4. The topological polar surface area (TPSA) is 66.0 Å². The summed E-state index contributed by atoms with van der Waals surface area (Å²) in [5, 5.41) is 9.35. The van der Waals surface area contributed by atoms with Crippen molar-refractivity contribution in [2.24, 2.45) is 0 Å². The maximum atomic E-state index is 11.4. The summed E-state index contributed by atoms with van der Waals surface area (Å²) < 4.78 is 0. The van der Waals surface area contributed by atoms with Crippen LogP contribution in [0.3, 0.4) is 0 Å². The van der Waals surface area contributed by atoms with Crippen LogP contribution in [0.15, 0.2) is 54.7 Å². The van der Waals surface area contributed by atoms with E-state index < -0.39 is 5.97 Å². The van der Waals surface area contributed by atoms with E-state index >= 15 is 0 Å². The summed E-state index contributed by atoms with van der Waals surface area (Å²) >= 11 is 0. The molecule has 0 unspecified atom stereocenters. The molecule has 0 saturated heterocycles. The highest BCUT2D eigenvalue weighted by molar-refractivity contribution is 5.95. The number of aromatic amines is 1. The van der Waals surface area contributed by atoms with E-state index in [-0.39, 0.29) is 0 Å². The monoisotopic (exact) mass is 362 g/mol. The number of carbonyl (C=O) groups is 1. The van der Waals surface area contributed by atoms with Gasteiger partial charge in [-0.1, -0.05) is 55.8 Å². The molecule has 2 N–H and O–H groups in total. The molecule has 0 aliphatic carbocycles. The second kappa shape index (κ2) is 9.17. The summed E-state index contributed by atoms with van der Waals surface area (Å²) in [6.45, 7) is 2.20. The molecule has 0 saturated carbocycles. The highest BCUT2D eigenvalue weighted by Gasteiger charge is 2.10. The minimum absolute atomic E-state index is 0.335. The second-order valence-electron chi connectivity index (χ2n) is 6.86. The molecule has 4 nitrogen and oxygen atoms in total. The number of benzene rings is 2. The van der Waals surface area contributed by atoms with Crippen molar-refractivity contribution in [3.63, 3.8) is 0 Å². The summed E-state index contributed by atoms with van der Waals surface area (Å²) in [4.78, 5) is 19.3. The zero-order chi connectivity index (χ0) is 19.1. The van der Waals surface area contributed by atoms with E-state index in [1.165, 1.54) is 24.1 Å². The van der Waals surface area contributed by atoms with Crippen LogP contribution >= 0.6 is 0 Å². The van der Waals surface area contributed by atoms with Crippen LogP contribution in [0.25, 0.3) is 11.1 Å². The van der Waals surface area contributed by atoms with Crippen LogP contribution in [0, 0.1) is 0 Å². The van der Waals surface area contributed by atoms with Crippen LogP contribution in [0.4, 0.5) is 0 Å². The van der Waals surface area contributed by atoms with Crippen molar-refractivity contribution in [3.8, 4) is 11.1 Å². The Hall–Kier alpha value is -2.88. The third-order valence-electron chi connectivity index (χ3n) is 4.78. The van der Waals surface area contributed by atoms with Crippen molar-refractivity contribution in [1.29, 1.82) is 0 Å². The summed E-state index contributed by atoms with van der Waals surface area (Å²) in [5.41, 5.74) is 4.51. The number of carboxylic acid groups (broad SMARTS) is 1. The molecule has 0 fully saturated rings. The number of nitrogens with one attached hydrogen (secondary N) is 1. The van der Waals surface area contributed by atoms with Crippen molar-refractivity contribution in [3.05, 3.63) is 77.4 Å². The molecule has 0 aliphatic rings. The Kier molecular flexibility index (Phi) is 6.42. The van der Waals surface area contributed by atoms with Gasteiger partial charge in [0.25, 0.3) is 0 Å². The molecule has 0 bridgehead atoms. The van der Waals surface area contributed by atoms with Gasteiger partial charge >= 0.3 is 5.97 Å². The molecule has 1 heterocycles. The van der Waals surface area contributed by atoms with Gasteiger partial charge in [0.05, 0.1) is 5.56 Å². The normalized spacial score (nSPS) is 10.9. The first kappa shape index (κ1) is 18.9. The van der Waals surface area contributed by atoms with Crippen LogP contribution in [0.5, 0.6) is 0 Å². The Morgan fingerprint density at radius 2 is 1.78 bits per heavy atom. The number of H-pyrrole nitrogens is 1. The van der Waals surface area contributed by atoms with Crippen LogP contribution in [-0.4, -0.2) is 21.0 Å². The summed E-state index contributed by atoms with van der Waals surface area (Å²) in [6, 6.07) is 15.3. The quantitative estimate of drug-likeness (QED) is 0.543. The predicted octanol–water partition coefficient (Wildman–Crippen LogP) is 5.29. The van der Waals surface area contributed by atoms with E-state index in [1.807, 2.05) is 30.5 Å². The lowest BCUT2D eigenvalue weighted by Gasteiger charge is -2.07. The lowest BCUT2D eigenvalue weighted by atomic mass is 9.97. The van der Waals surface area contributed by atoms with Crippen molar-refractivity contribution in [1.82, 2.24) is 9.97 Å². The molecule has 0 atom stereocenters. The van der Waals surface area contributed by atoms with Gasteiger partial charge in [-0.3, -0.25) is 0 Å². The third kappa shape index (κ3) is 5.07. The molecule has 140 valence electrons. The van der Waals surface area contributed by atoms with E-state index in [0.717, 1.165) is 42.6 Å². The van der Waals surface area contributed by atoms with Crippen LogP contribution in [-0.2, 0) is 19.3 Å². The standard InChI is InChI=1S/C23H26N2O2/c1-2-3-8-19-16-24-22(25-19)11-6-7-17-12-14-18(15-13-17)20-9-4-5-10-21(20)23(26)27/h4-5,9-10,12-16H,2-3,6-8,11H2,1H3,(H,24,25)(H,26,27). The molecular weight excluding hydrogens is 336 g/mol. The number of nitrogens with zero attached hydrogens (tertiary/aromatic N) is 1. The van der Waals surface area contributed by atoms with Crippen LogP contribution in [0.1, 0.15) is 53.6 Å². The largest absolute Gasteiger partial charge is 0.478 e. The summed E-state index contributed by atoms with van der Waals surface area (Å²) in [5.74, 6) is 0.166. The van der Waals surface area contributed by atoms with E-state index in [4.69, 9.17) is 0 Å². The number of unbranched alkanes of at least 4 members (excludes halogenated alkanes) is 1. The highest BCUT2D eigenvalue weighted by Crippen LogP contribution is 2.24. The third-order valence-corrected chi connectivity index (χ3v) is 4.78. The first-order chi connectivity index (χ1) is 13.2. The summed E-state index contributed by atoms with van der Waals surface area (Å²) in [6.07, 6.45) is 8.37. The molecule has 3 rings (SSSR count). The molecule has 27 heavy (non-hydrogen) atoms. The Morgan fingerprint density at radius 1 is 1.00 bits per heavy atom. The minimum atomic E-state index is -0.897. The van der Waals surface area contributed by atoms with Crippen molar-refractivity contribution < 1.29 is 9.90 Å². The Morgan fingerprint density at radius 3 is 2.52 bits per heavy atom. The number of aromatic carboxylic acids is 1. The van der Waals surface area contributed by atoms with Gasteiger partial charge in [-0.15, -0.1) is 0 Å². The average molecular weight is 362 g/mol. The molecule has 0 radical (unpaired) electrons. The van der Waals surface area contributed by atoms with Gasteiger partial charge in [-0.25, -0.2) is 9.78 Å². The second-order valence-corrected chi connectivity index (χ2v) is 6.86. The number of carboxylic acids is 1. The first-order valence-corrected chi connectivity index (χ1v) is 9.61. The smallest absolute Gasteiger partial charge is 0.336 e. The van der Waals surface area contributed by atoms with Gasteiger partial charge in [-0.05, 0) is 48.4 Å². The van der Waals surface area contributed by atoms with E-state index in [9.17, 15) is 9.90 Å². The lowest BCUT2D eigenvalue weighted by molar-refractivity contribution is 0.0697. The Bertz CT molecular complexity index is 881. The SMILES string of the molecule is CCCCc1cnc(CCCc2ccc(-c3ccccc3C(=O)O)cc2)[nH]1. The fourth-order valence-electron chi connectivity index (χ4n) is 3.26. The zero-order valence-corrected chi connectivity index (χ0v) is 15.7. The first-order valence-electron chi connectivity index (χ1n) is 9.61. The van der Waals surface area contributed by atoms with Crippen LogP contribution < -0.4 is 0 Å². The highest BCUT2D eigenvalue weighted by atomic mass is 16.4. The number of rotatable bonds is 9. The van der Waals surface area contributed by atoms with E-state index in [2.05, 4.69) is 29.0 Å². The zero-order valence-electron chi connectivity index (χ0n) is 15.7.